The molecule has 5 rings (SSSR count). The number of alkyl halides is 3. The van der Waals surface area contributed by atoms with Gasteiger partial charge in [0.25, 0.3) is 0 Å². The summed E-state index contributed by atoms with van der Waals surface area (Å²) in [5, 5.41) is 4.13. The summed E-state index contributed by atoms with van der Waals surface area (Å²) in [6.45, 7) is 1.71. The van der Waals surface area contributed by atoms with Gasteiger partial charge in [0.1, 0.15) is 29.4 Å². The van der Waals surface area contributed by atoms with Crippen LogP contribution < -0.4 is 16.5 Å². The smallest absolute Gasteiger partial charge is 0.383 e. The number of nitrogen functional groups attached to an aromatic ring is 1. The molecule has 0 saturated carbocycles. The molecular weight excluding hydrogens is 487 g/mol. The Morgan fingerprint density at radius 1 is 1.19 bits per heavy atom. The Labute approximate surface area is 201 Å². The predicted molar refractivity (Wildman–Crippen MR) is 120 cm³/mol. The second-order valence-electron chi connectivity index (χ2n) is 8.57. The number of nitrogens with two attached hydrogens (primary N) is 1. The molecule has 14 heteroatoms. The molecule has 9 nitrogen and oxygen atoms in total. The van der Waals surface area contributed by atoms with Crippen LogP contribution in [0.15, 0.2) is 34.4 Å². The van der Waals surface area contributed by atoms with E-state index in [1.54, 1.807) is 0 Å². The number of benzene rings is 1. The van der Waals surface area contributed by atoms with Gasteiger partial charge < -0.3 is 11.1 Å². The van der Waals surface area contributed by atoms with E-state index in [0.29, 0.717) is 11.5 Å². The zero-order valence-corrected chi connectivity index (χ0v) is 18.7. The molecule has 3 aliphatic rings. The highest BCUT2D eigenvalue weighted by molar-refractivity contribution is 6.43. The average Bonchev–Trinajstić information content (AvgIpc) is 3.37. The van der Waals surface area contributed by atoms with Crippen LogP contribution in [0.3, 0.4) is 0 Å². The van der Waals surface area contributed by atoms with Crippen LogP contribution in [-0.4, -0.2) is 45.3 Å². The van der Waals surface area contributed by atoms with Gasteiger partial charge in [-0.25, -0.2) is 34.2 Å². The Morgan fingerprint density at radius 3 is 2.69 bits per heavy atom. The van der Waals surface area contributed by atoms with Crippen LogP contribution in [-0.2, 0) is 10.2 Å². The van der Waals surface area contributed by atoms with Gasteiger partial charge in [-0.05, 0) is 37.5 Å². The van der Waals surface area contributed by atoms with Crippen molar-refractivity contribution in [2.45, 2.75) is 37.8 Å². The van der Waals surface area contributed by atoms with Crippen LogP contribution in [0.2, 0.25) is 0 Å². The second-order valence-corrected chi connectivity index (χ2v) is 8.57. The molecule has 0 spiro atoms. The first-order valence-corrected chi connectivity index (χ1v) is 10.9. The summed E-state index contributed by atoms with van der Waals surface area (Å²) >= 11 is 0. The van der Waals surface area contributed by atoms with Crippen LogP contribution in [0, 0.1) is 11.6 Å². The fourth-order valence-electron chi connectivity index (χ4n) is 4.36. The van der Waals surface area contributed by atoms with Crippen LogP contribution in [0.1, 0.15) is 43.1 Å². The van der Waals surface area contributed by atoms with Gasteiger partial charge in [0.05, 0.1) is 17.5 Å². The number of fused-ring (bicyclic) bond motifs is 2. The fraction of sp³-hybridized carbons (Fsp3) is 0.318. The van der Waals surface area contributed by atoms with Crippen molar-refractivity contribution in [3.8, 4) is 0 Å². The molecule has 0 saturated heterocycles. The first-order chi connectivity index (χ1) is 17.0. The highest BCUT2D eigenvalue weighted by atomic mass is 19.4. The van der Waals surface area contributed by atoms with E-state index in [1.807, 2.05) is 0 Å². The quantitative estimate of drug-likeness (QED) is 0.536. The lowest BCUT2D eigenvalue weighted by Gasteiger charge is -2.24. The number of aliphatic imine (C=N–C) groups is 2. The van der Waals surface area contributed by atoms with E-state index in [4.69, 9.17) is 5.73 Å². The number of carbonyl (C=O) groups excluding carboxylic acids is 1. The lowest BCUT2D eigenvalue weighted by Crippen LogP contribution is -2.39. The lowest BCUT2D eigenvalue weighted by molar-refractivity contribution is -0.135. The van der Waals surface area contributed by atoms with Crippen LogP contribution >= 0.6 is 0 Å². The van der Waals surface area contributed by atoms with Gasteiger partial charge in [-0.15, -0.1) is 0 Å². The summed E-state index contributed by atoms with van der Waals surface area (Å²) in [5.74, 6) is -2.36. The molecule has 0 radical (unpaired) electrons. The van der Waals surface area contributed by atoms with Gasteiger partial charge in [-0.3, -0.25) is 9.80 Å². The number of anilines is 2. The van der Waals surface area contributed by atoms with Gasteiger partial charge in [0.2, 0.25) is 5.91 Å². The van der Waals surface area contributed by atoms with Crippen molar-refractivity contribution < 1.29 is 26.7 Å². The van der Waals surface area contributed by atoms with Gasteiger partial charge in [-0.1, -0.05) is 6.07 Å². The Balaban J connectivity index is 1.51. The largest absolute Gasteiger partial charge is 0.389 e. The summed E-state index contributed by atoms with van der Waals surface area (Å²) in [6.07, 6.45) is -3.91. The Hall–Kier alpha value is -3.94. The summed E-state index contributed by atoms with van der Waals surface area (Å²) in [6, 6.07) is 3.11. The van der Waals surface area contributed by atoms with Crippen molar-refractivity contribution >= 4 is 34.8 Å². The first kappa shape index (κ1) is 23.8. The van der Waals surface area contributed by atoms with Crippen molar-refractivity contribution in [3.63, 3.8) is 0 Å². The van der Waals surface area contributed by atoms with E-state index < -0.39 is 35.6 Å². The van der Waals surface area contributed by atoms with Gasteiger partial charge in [-0.2, -0.15) is 13.2 Å². The molecule has 4 N–H and O–H groups in total. The highest BCUT2D eigenvalue weighted by Crippen LogP contribution is 2.45. The van der Waals surface area contributed by atoms with Crippen molar-refractivity contribution in [3.05, 3.63) is 53.0 Å². The maximum atomic E-state index is 13.9. The normalized spacial score (nSPS) is 21.0. The average molecular weight is 506 g/mol. The number of carbonyl (C=O) groups is 1. The van der Waals surface area contributed by atoms with Crippen molar-refractivity contribution in [1.82, 2.24) is 20.4 Å². The number of nitrogens with zero attached hydrogens (tertiary/aromatic N) is 5. The molecule has 4 heterocycles. The molecule has 0 bridgehead atoms. The van der Waals surface area contributed by atoms with Gasteiger partial charge >= 0.3 is 6.18 Å². The van der Waals surface area contributed by atoms with Crippen molar-refractivity contribution in [2.75, 3.05) is 17.7 Å². The van der Waals surface area contributed by atoms with E-state index in [0.717, 1.165) is 12.1 Å². The van der Waals surface area contributed by atoms with Crippen LogP contribution in [0.4, 0.5) is 33.6 Å². The van der Waals surface area contributed by atoms with Crippen molar-refractivity contribution in [1.29, 1.82) is 0 Å². The molecule has 1 amide bonds. The van der Waals surface area contributed by atoms with Gasteiger partial charge in [0, 0.05) is 6.42 Å². The summed E-state index contributed by atoms with van der Waals surface area (Å²) in [7, 11) is 0. The maximum absolute atomic E-state index is 13.9. The lowest BCUT2D eigenvalue weighted by atomic mass is 9.77. The summed E-state index contributed by atoms with van der Waals surface area (Å²) in [5.41, 5.74) is 8.53. The minimum absolute atomic E-state index is 0.0131. The molecule has 36 heavy (non-hydrogen) atoms. The Kier molecular flexibility index (Phi) is 5.50. The molecule has 1 atom stereocenters. The molecular formula is C22H19F5N8O. The summed E-state index contributed by atoms with van der Waals surface area (Å²) in [4.78, 5) is 30.3. The number of amidine groups is 1. The second kappa shape index (κ2) is 8.33. The topological polar surface area (TPSA) is 121 Å². The third-order valence-corrected chi connectivity index (χ3v) is 6.19. The predicted octanol–water partition coefficient (Wildman–Crippen LogP) is 3.26. The minimum Gasteiger partial charge on any atom is -0.383 e. The number of hydrogen-bond donors (Lipinski definition) is 3. The number of halogens is 5. The van der Waals surface area contributed by atoms with E-state index in [2.05, 4.69) is 30.7 Å². The van der Waals surface area contributed by atoms with Crippen LogP contribution in [0.5, 0.6) is 0 Å². The molecule has 0 aliphatic carbocycles. The zero-order valence-electron chi connectivity index (χ0n) is 18.7. The van der Waals surface area contributed by atoms with E-state index in [1.165, 1.54) is 24.2 Å². The molecule has 1 unspecified atom stereocenters. The third-order valence-electron chi connectivity index (χ3n) is 6.19. The van der Waals surface area contributed by atoms with Crippen LogP contribution in [0.25, 0.3) is 5.70 Å². The number of amides is 1. The molecule has 3 aliphatic heterocycles. The van der Waals surface area contributed by atoms with E-state index in [9.17, 15) is 26.7 Å². The number of nitrogens with one attached hydrogen (secondary N) is 2. The monoisotopic (exact) mass is 506 g/mol. The molecule has 2 aromatic rings. The molecule has 1 aromatic heterocycles. The van der Waals surface area contributed by atoms with Crippen molar-refractivity contribution in [2.24, 2.45) is 9.98 Å². The van der Waals surface area contributed by atoms with E-state index in [-0.39, 0.29) is 53.8 Å². The fourth-order valence-corrected chi connectivity index (χ4v) is 4.36. The number of hydrogen-bond acceptors (Lipinski definition) is 8. The highest BCUT2D eigenvalue weighted by Gasteiger charge is 2.48. The van der Waals surface area contributed by atoms with E-state index >= 15 is 0 Å². The summed E-state index contributed by atoms with van der Waals surface area (Å²) < 4.78 is 65.3. The third kappa shape index (κ3) is 3.96. The zero-order chi connectivity index (χ0) is 25.8. The first-order valence-electron chi connectivity index (χ1n) is 10.9. The standard InChI is InChI=1S/C22H19F5N8O/c1-21(10-4-5-11(23)12(24)7-10)15-16(28)32-17(33-18(15)34-20(21)36)14-8-35-19(29-9-30-35)13(31-14)3-2-6-22(25,26)27/h4-5,7-8,30H,2-3,6,9H2,1H3,(H3,28,32,33,34,36). The number of rotatable bonds is 5. The molecule has 188 valence electrons. The Morgan fingerprint density at radius 2 is 1.97 bits per heavy atom. The minimum atomic E-state index is -4.29. The number of aromatic nitrogens is 2. The molecule has 0 fully saturated rings. The SMILES string of the molecule is CC1(c2ccc(F)c(F)c2)C(=O)Nc2nc(C3=CN4NCN=C4C(CCCC(F)(F)F)=N3)nc(N)c21. The van der Waals surface area contributed by atoms with Gasteiger partial charge in [0.15, 0.2) is 23.3 Å². The Bertz CT molecular complexity index is 1370. The molecule has 1 aromatic carbocycles. The maximum Gasteiger partial charge on any atom is 0.389 e. The number of hydrazine groups is 1.